The van der Waals surface area contributed by atoms with Crippen molar-refractivity contribution in [3.05, 3.63) is 35.4 Å². The Balaban J connectivity index is 1.31. The Morgan fingerprint density at radius 3 is 1.87 bits per heavy atom. The Hall–Kier alpha value is -1.88. The van der Waals surface area contributed by atoms with Crippen LogP contribution in [0.1, 0.15) is 69.8 Å². The van der Waals surface area contributed by atoms with Crippen molar-refractivity contribution in [3.8, 4) is 0 Å². The van der Waals surface area contributed by atoms with E-state index in [-0.39, 0.29) is 61.6 Å². The van der Waals surface area contributed by atoms with Crippen LogP contribution < -0.4 is 5.32 Å². The molecular formula is C30H45F5N4O5S2. The van der Waals surface area contributed by atoms with Crippen LogP contribution in [0.3, 0.4) is 0 Å². The van der Waals surface area contributed by atoms with Crippen LogP contribution in [0.5, 0.6) is 0 Å². The van der Waals surface area contributed by atoms with Gasteiger partial charge >= 0.3 is 15.5 Å². The van der Waals surface area contributed by atoms with E-state index in [4.69, 9.17) is 0 Å². The number of hydrogen-bond acceptors (Lipinski definition) is 6. The third-order valence-electron chi connectivity index (χ3n) is 10.0. The minimum Gasteiger partial charge on any atom is -0.353 e. The van der Waals surface area contributed by atoms with Gasteiger partial charge in [0.2, 0.25) is 15.9 Å². The molecule has 0 saturated carbocycles. The van der Waals surface area contributed by atoms with Crippen LogP contribution in [0, 0.1) is 29.4 Å². The van der Waals surface area contributed by atoms with E-state index >= 15 is 0 Å². The normalized spacial score (nSPS) is 22.5. The van der Waals surface area contributed by atoms with Gasteiger partial charge in [-0.1, -0.05) is 6.92 Å². The first-order valence-corrected chi connectivity index (χ1v) is 19.3. The molecule has 3 aliphatic heterocycles. The first kappa shape index (κ1) is 36.9. The van der Waals surface area contributed by atoms with E-state index in [9.17, 15) is 43.6 Å². The SMILES string of the molecule is CCC(C(=O)NC1CCN(CCC(c2cc(F)cc(F)c2)C2CCN(S(=O)(=O)C(F)(F)F)CC2)CC1)C1CCN(S(C)(=O)=O)CC1. The van der Waals surface area contributed by atoms with E-state index in [0.717, 1.165) is 6.07 Å². The summed E-state index contributed by atoms with van der Waals surface area (Å²) in [5.41, 5.74) is -4.98. The van der Waals surface area contributed by atoms with E-state index in [0.29, 0.717) is 81.1 Å². The predicted octanol–water partition coefficient (Wildman–Crippen LogP) is 4.28. The third kappa shape index (κ3) is 9.17. The van der Waals surface area contributed by atoms with Crippen LogP contribution in [-0.2, 0) is 24.8 Å². The standard InChI is InChI=1S/C30H45F5N4O5S2/c1-3-27(21-4-14-38(15-5-21)45(2,41)42)29(40)36-26-8-11-37(12-9-26)13-10-28(23-18-24(31)20-25(32)19-23)22-6-16-39(17-7-22)46(43,44)30(33,34)35/h18-22,26-28H,3-17H2,1-2H3,(H,36,40). The highest BCUT2D eigenvalue weighted by atomic mass is 32.2. The van der Waals surface area contributed by atoms with Gasteiger partial charge in [0.15, 0.2) is 0 Å². The van der Waals surface area contributed by atoms with Gasteiger partial charge in [-0.2, -0.15) is 17.5 Å². The first-order chi connectivity index (χ1) is 21.5. The zero-order chi connectivity index (χ0) is 33.9. The number of nitrogens with one attached hydrogen (secondary N) is 1. The van der Waals surface area contributed by atoms with Crippen LogP contribution in [0.4, 0.5) is 22.0 Å². The molecule has 2 atom stereocenters. The molecule has 0 aliphatic carbocycles. The molecule has 3 fully saturated rings. The molecule has 2 unspecified atom stereocenters. The molecule has 46 heavy (non-hydrogen) atoms. The number of piperidine rings is 3. The van der Waals surface area contributed by atoms with Crippen molar-refractivity contribution in [2.75, 3.05) is 52.1 Å². The number of sulfonamides is 2. The maximum atomic E-state index is 14.2. The minimum absolute atomic E-state index is 0.00849. The molecule has 16 heteroatoms. The molecule has 1 aromatic rings. The van der Waals surface area contributed by atoms with Gasteiger partial charge in [0.05, 0.1) is 6.26 Å². The second-order valence-electron chi connectivity index (χ2n) is 12.9. The Bertz CT molecular complexity index is 1380. The molecule has 3 aliphatic rings. The van der Waals surface area contributed by atoms with Crippen molar-refractivity contribution in [2.45, 2.75) is 75.8 Å². The Morgan fingerprint density at radius 1 is 0.848 bits per heavy atom. The fourth-order valence-corrected chi connectivity index (χ4v) is 9.26. The summed E-state index contributed by atoms with van der Waals surface area (Å²) in [5, 5.41) is 3.20. The Kier molecular flexibility index (Phi) is 12.1. The molecular weight excluding hydrogens is 655 g/mol. The van der Waals surface area contributed by atoms with Gasteiger partial charge in [-0.3, -0.25) is 4.79 Å². The van der Waals surface area contributed by atoms with Gasteiger partial charge in [0.1, 0.15) is 11.6 Å². The summed E-state index contributed by atoms with van der Waals surface area (Å²) < 4.78 is 117. The van der Waals surface area contributed by atoms with Crippen molar-refractivity contribution in [1.29, 1.82) is 0 Å². The molecule has 1 N–H and O–H groups in total. The van der Waals surface area contributed by atoms with Gasteiger partial charge < -0.3 is 10.2 Å². The Labute approximate surface area is 269 Å². The average Bonchev–Trinajstić information content (AvgIpc) is 2.97. The summed E-state index contributed by atoms with van der Waals surface area (Å²) in [6.07, 6.45) is 5.33. The molecule has 0 bridgehead atoms. The third-order valence-corrected chi connectivity index (χ3v) is 12.9. The summed E-state index contributed by atoms with van der Waals surface area (Å²) in [5.74, 6) is -2.21. The average molecular weight is 701 g/mol. The van der Waals surface area contributed by atoms with Crippen LogP contribution in [-0.4, -0.2) is 99.9 Å². The monoisotopic (exact) mass is 700 g/mol. The number of halogens is 5. The molecule has 3 heterocycles. The van der Waals surface area contributed by atoms with E-state index in [1.54, 1.807) is 0 Å². The number of rotatable bonds is 11. The van der Waals surface area contributed by atoms with Crippen LogP contribution in [0.2, 0.25) is 0 Å². The number of hydrogen-bond donors (Lipinski definition) is 1. The van der Waals surface area contributed by atoms with E-state index in [2.05, 4.69) is 10.2 Å². The van der Waals surface area contributed by atoms with E-state index in [1.807, 2.05) is 6.92 Å². The van der Waals surface area contributed by atoms with Crippen molar-refractivity contribution in [3.63, 3.8) is 0 Å². The van der Waals surface area contributed by atoms with Crippen molar-refractivity contribution in [1.82, 2.24) is 18.8 Å². The quantitative estimate of drug-likeness (QED) is 0.346. The maximum Gasteiger partial charge on any atom is 0.511 e. The summed E-state index contributed by atoms with van der Waals surface area (Å²) in [6.45, 7) is 4.10. The summed E-state index contributed by atoms with van der Waals surface area (Å²) in [6, 6.07) is 3.23. The van der Waals surface area contributed by atoms with Gasteiger partial charge in [-0.25, -0.2) is 29.9 Å². The van der Waals surface area contributed by atoms with Gasteiger partial charge in [-0.05, 0) is 93.4 Å². The van der Waals surface area contributed by atoms with Crippen LogP contribution >= 0.6 is 0 Å². The highest BCUT2D eigenvalue weighted by Crippen LogP contribution is 2.39. The van der Waals surface area contributed by atoms with Gasteiger partial charge in [0.25, 0.3) is 0 Å². The lowest BCUT2D eigenvalue weighted by molar-refractivity contribution is -0.128. The molecule has 0 radical (unpaired) electrons. The summed E-state index contributed by atoms with van der Waals surface area (Å²) in [7, 11) is -8.69. The zero-order valence-electron chi connectivity index (χ0n) is 26.3. The lowest BCUT2D eigenvalue weighted by Gasteiger charge is -2.38. The molecule has 0 aromatic heterocycles. The highest BCUT2D eigenvalue weighted by molar-refractivity contribution is 7.90. The fourth-order valence-electron chi connectivity index (χ4n) is 7.40. The fraction of sp³-hybridized carbons (Fsp3) is 0.767. The molecule has 9 nitrogen and oxygen atoms in total. The molecule has 0 spiro atoms. The largest absolute Gasteiger partial charge is 0.511 e. The van der Waals surface area contributed by atoms with E-state index in [1.165, 1.54) is 22.7 Å². The number of alkyl halides is 3. The smallest absolute Gasteiger partial charge is 0.353 e. The second-order valence-corrected chi connectivity index (χ2v) is 16.8. The van der Waals surface area contributed by atoms with Gasteiger partial charge in [-0.15, -0.1) is 0 Å². The molecule has 1 amide bonds. The zero-order valence-corrected chi connectivity index (χ0v) is 27.9. The predicted molar refractivity (Wildman–Crippen MR) is 164 cm³/mol. The maximum absolute atomic E-state index is 14.2. The Morgan fingerprint density at radius 2 is 1.37 bits per heavy atom. The van der Waals surface area contributed by atoms with Crippen LogP contribution in [0.25, 0.3) is 0 Å². The van der Waals surface area contributed by atoms with Crippen molar-refractivity contribution < 1.29 is 43.6 Å². The number of carbonyl (C=O) groups is 1. The molecule has 1 aromatic carbocycles. The number of amides is 1. The number of carbonyl (C=O) groups excluding carboxylic acids is 1. The van der Waals surface area contributed by atoms with E-state index < -0.39 is 37.2 Å². The molecule has 262 valence electrons. The summed E-state index contributed by atoms with van der Waals surface area (Å²) >= 11 is 0. The topological polar surface area (TPSA) is 107 Å². The molecule has 4 rings (SSSR count). The second kappa shape index (κ2) is 15.1. The van der Waals surface area contributed by atoms with Gasteiger partial charge in [0, 0.05) is 57.3 Å². The highest BCUT2D eigenvalue weighted by Gasteiger charge is 2.50. The number of likely N-dealkylation sites (tertiary alicyclic amines) is 1. The lowest BCUT2D eigenvalue weighted by Crippen LogP contribution is -2.49. The van der Waals surface area contributed by atoms with Crippen LogP contribution in [0.15, 0.2) is 18.2 Å². The minimum atomic E-state index is -5.44. The number of benzene rings is 1. The summed E-state index contributed by atoms with van der Waals surface area (Å²) in [4.78, 5) is 15.4. The number of nitrogens with zero attached hydrogens (tertiary/aromatic N) is 3. The molecule has 3 saturated heterocycles. The lowest BCUT2D eigenvalue weighted by atomic mass is 9.78. The first-order valence-electron chi connectivity index (χ1n) is 16.0. The van der Waals surface area contributed by atoms with Crippen molar-refractivity contribution in [2.24, 2.45) is 17.8 Å². The van der Waals surface area contributed by atoms with Crippen molar-refractivity contribution >= 4 is 26.0 Å².